The molecule has 3 heterocycles. The van der Waals surface area contributed by atoms with Gasteiger partial charge in [-0.3, -0.25) is 9.59 Å². The van der Waals surface area contributed by atoms with Crippen LogP contribution in [0, 0.1) is 28.6 Å². The summed E-state index contributed by atoms with van der Waals surface area (Å²) in [5, 5.41) is 20.5. The highest BCUT2D eigenvalue weighted by Gasteiger charge is 2.79. The Kier molecular flexibility index (Phi) is 2.17. The first kappa shape index (κ1) is 13.2. The van der Waals surface area contributed by atoms with E-state index in [4.69, 9.17) is 14.2 Å². The molecule has 112 valence electrons. The van der Waals surface area contributed by atoms with Crippen molar-refractivity contribution < 1.29 is 28.9 Å². The van der Waals surface area contributed by atoms with Crippen LogP contribution in [0.1, 0.15) is 20.3 Å². The second kappa shape index (κ2) is 3.46. The Bertz CT molecular complexity index is 609. The standard InChI is InChI=1S/C14H15NO6/c1-12-3-7-13(2,18)14(5-15)9(12)8(16)11(21-14)19-4-6(12)10(17)20-7/h6-7,9,11,18H,3-4H2,1-2H3/t6-,7+,9-,11?,12+,13-,14-/m0/s1. The number of hydrogen-bond acceptors (Lipinski definition) is 7. The first-order chi connectivity index (χ1) is 9.78. The highest BCUT2D eigenvalue weighted by atomic mass is 16.7. The van der Waals surface area contributed by atoms with Crippen LogP contribution in [0.25, 0.3) is 0 Å². The zero-order valence-electron chi connectivity index (χ0n) is 11.7. The van der Waals surface area contributed by atoms with Crippen LogP contribution in [-0.2, 0) is 23.8 Å². The highest BCUT2D eigenvalue weighted by Crippen LogP contribution is 2.63. The van der Waals surface area contributed by atoms with Crippen molar-refractivity contribution in [3.05, 3.63) is 0 Å². The summed E-state index contributed by atoms with van der Waals surface area (Å²) in [4.78, 5) is 24.8. The van der Waals surface area contributed by atoms with E-state index in [1.54, 1.807) is 6.92 Å². The van der Waals surface area contributed by atoms with Gasteiger partial charge in [-0.15, -0.1) is 0 Å². The number of ether oxygens (including phenoxy) is 3. The summed E-state index contributed by atoms with van der Waals surface area (Å²) in [7, 11) is 0. The summed E-state index contributed by atoms with van der Waals surface area (Å²) in [6, 6.07) is 1.99. The van der Waals surface area contributed by atoms with Crippen LogP contribution < -0.4 is 0 Å². The maximum absolute atomic E-state index is 12.6. The second-order valence-corrected chi connectivity index (χ2v) is 6.80. The molecule has 0 spiro atoms. The second-order valence-electron chi connectivity index (χ2n) is 6.80. The summed E-state index contributed by atoms with van der Waals surface area (Å²) in [5.41, 5.74) is -4.32. The van der Waals surface area contributed by atoms with Crippen LogP contribution in [0.4, 0.5) is 0 Å². The third kappa shape index (κ3) is 1.18. The fourth-order valence-corrected chi connectivity index (χ4v) is 4.54. The van der Waals surface area contributed by atoms with Gasteiger partial charge < -0.3 is 19.3 Å². The molecule has 0 radical (unpaired) electrons. The fourth-order valence-electron chi connectivity index (χ4n) is 4.54. The van der Waals surface area contributed by atoms with Crippen LogP contribution >= 0.6 is 0 Å². The van der Waals surface area contributed by atoms with E-state index in [2.05, 4.69) is 0 Å². The van der Waals surface area contributed by atoms with Crippen LogP contribution in [0.5, 0.6) is 0 Å². The van der Waals surface area contributed by atoms with Crippen molar-refractivity contribution in [2.45, 2.75) is 43.9 Å². The van der Waals surface area contributed by atoms with E-state index >= 15 is 0 Å². The van der Waals surface area contributed by atoms with Crippen molar-refractivity contribution in [3.63, 3.8) is 0 Å². The largest absolute Gasteiger partial charge is 0.459 e. The number of rotatable bonds is 0. The third-order valence-corrected chi connectivity index (χ3v) is 5.80. The van der Waals surface area contributed by atoms with Crippen molar-refractivity contribution in [2.24, 2.45) is 17.3 Å². The number of ketones is 1. The van der Waals surface area contributed by atoms with E-state index in [1.165, 1.54) is 6.92 Å². The zero-order chi connectivity index (χ0) is 15.2. The van der Waals surface area contributed by atoms with Gasteiger partial charge >= 0.3 is 5.97 Å². The lowest BCUT2D eigenvalue weighted by Crippen LogP contribution is -2.74. The molecule has 7 atom stereocenters. The Balaban J connectivity index is 2.02. The van der Waals surface area contributed by atoms with Gasteiger partial charge in [0.15, 0.2) is 11.4 Å². The predicted octanol–water partition coefficient (Wildman–Crippen LogP) is -0.477. The summed E-state index contributed by atoms with van der Waals surface area (Å²) in [5.74, 6) is -2.37. The maximum Gasteiger partial charge on any atom is 0.312 e. The molecule has 21 heavy (non-hydrogen) atoms. The van der Waals surface area contributed by atoms with Crippen LogP contribution in [0.15, 0.2) is 0 Å². The Morgan fingerprint density at radius 3 is 2.76 bits per heavy atom. The average molecular weight is 293 g/mol. The minimum absolute atomic E-state index is 0.0264. The Morgan fingerprint density at radius 1 is 1.38 bits per heavy atom. The number of aliphatic hydroxyl groups is 1. The molecule has 3 aliphatic heterocycles. The van der Waals surface area contributed by atoms with Gasteiger partial charge in [0.05, 0.1) is 18.4 Å². The lowest BCUT2D eigenvalue weighted by molar-refractivity contribution is -0.306. The Hall–Kier alpha value is -1.49. The Labute approximate surface area is 120 Å². The first-order valence-electron chi connectivity index (χ1n) is 6.95. The number of nitriles is 1. The molecule has 7 nitrogen and oxygen atoms in total. The quantitative estimate of drug-likeness (QED) is 0.601. The van der Waals surface area contributed by atoms with E-state index in [-0.39, 0.29) is 12.4 Å². The van der Waals surface area contributed by atoms with Crippen molar-refractivity contribution in [1.82, 2.24) is 0 Å². The molecule has 7 heteroatoms. The lowest BCUT2D eigenvalue weighted by atomic mass is 9.49. The average Bonchev–Trinajstić information content (AvgIpc) is 2.64. The normalized spacial score (nSPS) is 57.6. The zero-order valence-corrected chi connectivity index (χ0v) is 11.7. The van der Waals surface area contributed by atoms with Gasteiger partial charge in [0, 0.05) is 5.41 Å². The minimum atomic E-state index is -1.77. The van der Waals surface area contributed by atoms with Crippen molar-refractivity contribution >= 4 is 11.8 Å². The maximum atomic E-state index is 12.6. The smallest absolute Gasteiger partial charge is 0.312 e. The molecule has 0 amide bonds. The Morgan fingerprint density at radius 2 is 2.10 bits per heavy atom. The van der Waals surface area contributed by atoms with E-state index in [1.807, 2.05) is 6.07 Å². The summed E-state index contributed by atoms with van der Waals surface area (Å²) >= 11 is 0. The van der Waals surface area contributed by atoms with E-state index in [0.29, 0.717) is 6.42 Å². The van der Waals surface area contributed by atoms with Gasteiger partial charge in [0.25, 0.3) is 0 Å². The van der Waals surface area contributed by atoms with Gasteiger partial charge in [0.2, 0.25) is 6.29 Å². The minimum Gasteiger partial charge on any atom is -0.459 e. The molecule has 0 aromatic heterocycles. The molecule has 0 aromatic rings. The van der Waals surface area contributed by atoms with Gasteiger partial charge in [-0.1, -0.05) is 6.92 Å². The molecule has 1 aliphatic carbocycles. The van der Waals surface area contributed by atoms with Gasteiger partial charge in [-0.2, -0.15) is 5.26 Å². The predicted molar refractivity (Wildman–Crippen MR) is 64.4 cm³/mol. The summed E-state index contributed by atoms with van der Waals surface area (Å²) in [6.07, 6.45) is -1.75. The number of carbonyl (C=O) groups is 2. The molecule has 4 aliphatic rings. The number of carbonyl (C=O) groups excluding carboxylic acids is 2. The highest BCUT2D eigenvalue weighted by molar-refractivity contribution is 5.92. The monoisotopic (exact) mass is 293 g/mol. The summed E-state index contributed by atoms with van der Waals surface area (Å²) < 4.78 is 16.3. The lowest BCUT2D eigenvalue weighted by Gasteiger charge is -2.59. The van der Waals surface area contributed by atoms with Crippen LogP contribution in [0.3, 0.4) is 0 Å². The molecule has 4 fully saturated rings. The SMILES string of the molecule is C[C@@]12C[C@H]3OC(=O)[C@@H]1COC1O[C@@](C#N)([C@H]2C1=O)[C@@]3(C)O. The van der Waals surface area contributed by atoms with Gasteiger partial charge in [-0.05, 0) is 13.3 Å². The molecular weight excluding hydrogens is 278 g/mol. The van der Waals surface area contributed by atoms with E-state index in [0.717, 1.165) is 0 Å². The van der Waals surface area contributed by atoms with Crippen molar-refractivity contribution in [3.8, 4) is 6.07 Å². The number of nitrogens with zero attached hydrogens (tertiary/aromatic N) is 1. The molecule has 1 unspecified atom stereocenters. The van der Waals surface area contributed by atoms with Crippen LogP contribution in [0.2, 0.25) is 0 Å². The third-order valence-electron chi connectivity index (χ3n) is 5.80. The van der Waals surface area contributed by atoms with E-state index < -0.39 is 46.8 Å². The first-order valence-corrected chi connectivity index (χ1v) is 6.95. The molecule has 4 bridgehead atoms. The fraction of sp³-hybridized carbons (Fsp3) is 0.786. The number of fused-ring (bicyclic) bond motifs is 2. The summed E-state index contributed by atoms with van der Waals surface area (Å²) in [6.45, 7) is 3.20. The molecule has 4 rings (SSSR count). The number of Topliss-reactive ketones (excluding diaryl/α,β-unsaturated/α-hetero) is 1. The van der Waals surface area contributed by atoms with Gasteiger partial charge in [-0.25, -0.2) is 0 Å². The molecule has 1 saturated carbocycles. The molecule has 1 N–H and O–H groups in total. The van der Waals surface area contributed by atoms with Crippen molar-refractivity contribution in [2.75, 3.05) is 6.61 Å². The van der Waals surface area contributed by atoms with Gasteiger partial charge in [0.1, 0.15) is 17.8 Å². The molecule has 3 saturated heterocycles. The molecule has 0 aromatic carbocycles. The molecular formula is C14H15NO6. The topological polar surface area (TPSA) is 106 Å². The number of hydrogen-bond donors (Lipinski definition) is 1. The van der Waals surface area contributed by atoms with Crippen LogP contribution in [-0.4, -0.2) is 47.1 Å². The van der Waals surface area contributed by atoms with Crippen molar-refractivity contribution in [1.29, 1.82) is 5.26 Å². The number of esters is 1. The van der Waals surface area contributed by atoms with E-state index in [9.17, 15) is 20.0 Å².